The van der Waals surface area contributed by atoms with Gasteiger partial charge in [-0.2, -0.15) is 18.3 Å². The van der Waals surface area contributed by atoms with Crippen LogP contribution in [0.4, 0.5) is 13.2 Å². The number of hydrogen-bond donors (Lipinski definition) is 0. The van der Waals surface area contributed by atoms with Crippen molar-refractivity contribution in [3.8, 4) is 22.5 Å². The number of benzene rings is 2. The van der Waals surface area contributed by atoms with Crippen LogP contribution in [0.3, 0.4) is 0 Å². The largest absolute Gasteiger partial charge is 0.434 e. The molecule has 0 amide bonds. The molecule has 0 saturated heterocycles. The summed E-state index contributed by atoms with van der Waals surface area (Å²) in [5.41, 5.74) is 3.97. The molecule has 2 aromatic carbocycles. The van der Waals surface area contributed by atoms with E-state index in [1.165, 1.54) is 10.1 Å². The maximum absolute atomic E-state index is 13.2. The van der Waals surface area contributed by atoms with Crippen molar-refractivity contribution in [2.24, 2.45) is 7.05 Å². The summed E-state index contributed by atoms with van der Waals surface area (Å²) in [6, 6.07) is 15.7. The SMILES string of the molecule is CC(C)c1ccccc1-c1cc(-c2nc(C(F)(F)F)cn2C)ccc1C(C)n1cccn1. The van der Waals surface area contributed by atoms with E-state index in [2.05, 4.69) is 43.0 Å². The Kier molecular flexibility index (Phi) is 5.67. The van der Waals surface area contributed by atoms with Gasteiger partial charge in [0.1, 0.15) is 5.82 Å². The first-order valence-corrected chi connectivity index (χ1v) is 10.5. The third-order valence-electron chi connectivity index (χ3n) is 5.72. The summed E-state index contributed by atoms with van der Waals surface area (Å²) in [5.74, 6) is 0.562. The summed E-state index contributed by atoms with van der Waals surface area (Å²) in [6.07, 6.45) is 0.180. The Morgan fingerprint density at radius 3 is 2.28 bits per heavy atom. The molecular formula is C25H25F3N4. The molecular weight excluding hydrogens is 413 g/mol. The lowest BCUT2D eigenvalue weighted by atomic mass is 9.87. The summed E-state index contributed by atoms with van der Waals surface area (Å²) in [5, 5.41) is 4.39. The molecule has 0 aliphatic rings. The van der Waals surface area contributed by atoms with E-state index in [0.29, 0.717) is 5.56 Å². The predicted molar refractivity (Wildman–Crippen MR) is 119 cm³/mol. The maximum atomic E-state index is 13.2. The van der Waals surface area contributed by atoms with Crippen molar-refractivity contribution in [1.29, 1.82) is 0 Å². The molecule has 2 aromatic heterocycles. The van der Waals surface area contributed by atoms with Gasteiger partial charge >= 0.3 is 6.18 Å². The van der Waals surface area contributed by atoms with Crippen molar-refractivity contribution < 1.29 is 13.2 Å². The van der Waals surface area contributed by atoms with Crippen LogP contribution in [0.1, 0.15) is 49.6 Å². The summed E-state index contributed by atoms with van der Waals surface area (Å²) in [6.45, 7) is 6.33. The molecule has 4 nitrogen and oxygen atoms in total. The molecule has 0 fully saturated rings. The fourth-order valence-corrected chi connectivity index (χ4v) is 4.06. The molecule has 166 valence electrons. The summed E-state index contributed by atoms with van der Waals surface area (Å²) in [4.78, 5) is 3.89. The molecule has 1 atom stereocenters. The molecule has 1 unspecified atom stereocenters. The Morgan fingerprint density at radius 2 is 1.66 bits per heavy atom. The normalized spacial score (nSPS) is 13.0. The third-order valence-corrected chi connectivity index (χ3v) is 5.72. The number of aromatic nitrogens is 4. The van der Waals surface area contributed by atoms with E-state index < -0.39 is 11.9 Å². The van der Waals surface area contributed by atoms with E-state index in [4.69, 9.17) is 0 Å². The zero-order valence-electron chi connectivity index (χ0n) is 18.4. The zero-order chi connectivity index (χ0) is 23.0. The van der Waals surface area contributed by atoms with Crippen molar-refractivity contribution in [2.45, 2.75) is 38.9 Å². The van der Waals surface area contributed by atoms with Gasteiger partial charge < -0.3 is 4.57 Å². The molecule has 0 saturated carbocycles. The maximum Gasteiger partial charge on any atom is 0.434 e. The molecule has 2 heterocycles. The minimum atomic E-state index is -4.49. The number of rotatable bonds is 5. The van der Waals surface area contributed by atoms with Crippen molar-refractivity contribution in [2.75, 3.05) is 0 Å². The van der Waals surface area contributed by atoms with Crippen LogP contribution >= 0.6 is 0 Å². The molecule has 0 radical (unpaired) electrons. The van der Waals surface area contributed by atoms with Crippen LogP contribution in [0.15, 0.2) is 67.1 Å². The molecule has 0 N–H and O–H groups in total. The van der Waals surface area contributed by atoms with Gasteiger partial charge in [0.25, 0.3) is 0 Å². The number of nitrogens with zero attached hydrogens (tertiary/aromatic N) is 4. The topological polar surface area (TPSA) is 35.6 Å². The van der Waals surface area contributed by atoms with Crippen LogP contribution in [0, 0.1) is 0 Å². The van der Waals surface area contributed by atoms with Gasteiger partial charge in [-0.05, 0) is 47.2 Å². The van der Waals surface area contributed by atoms with Crippen molar-refractivity contribution in [3.63, 3.8) is 0 Å². The van der Waals surface area contributed by atoms with Gasteiger partial charge in [0, 0.05) is 31.2 Å². The molecule has 32 heavy (non-hydrogen) atoms. The lowest BCUT2D eigenvalue weighted by molar-refractivity contribution is -0.140. The number of imidazole rings is 1. The minimum Gasteiger partial charge on any atom is -0.333 e. The monoisotopic (exact) mass is 438 g/mol. The number of aryl methyl sites for hydroxylation is 1. The zero-order valence-corrected chi connectivity index (χ0v) is 18.4. The van der Waals surface area contributed by atoms with Gasteiger partial charge in [-0.1, -0.05) is 50.2 Å². The van der Waals surface area contributed by atoms with Crippen molar-refractivity contribution >= 4 is 0 Å². The lowest BCUT2D eigenvalue weighted by Crippen LogP contribution is -2.09. The Labute approximate surface area is 185 Å². The highest BCUT2D eigenvalue weighted by Crippen LogP contribution is 2.38. The van der Waals surface area contributed by atoms with E-state index in [1.807, 2.05) is 47.3 Å². The van der Waals surface area contributed by atoms with E-state index in [9.17, 15) is 13.2 Å². The van der Waals surface area contributed by atoms with E-state index >= 15 is 0 Å². The smallest absolute Gasteiger partial charge is 0.333 e. The standard InChI is InChI=1S/C25H25F3N4/c1-16(2)19-8-5-6-9-21(19)22-14-18(24-30-23(15-31(24)4)25(26,27)28)10-11-20(22)17(3)32-13-7-12-29-32/h5-17H,1-4H3. The van der Waals surface area contributed by atoms with Crippen LogP contribution < -0.4 is 0 Å². The molecule has 0 aliphatic carbocycles. The second-order valence-corrected chi connectivity index (χ2v) is 8.26. The Morgan fingerprint density at radius 1 is 0.906 bits per heavy atom. The first kappa shape index (κ1) is 21.9. The molecule has 4 rings (SSSR count). The van der Waals surface area contributed by atoms with E-state index in [-0.39, 0.29) is 17.8 Å². The van der Waals surface area contributed by atoms with Gasteiger partial charge in [-0.3, -0.25) is 4.68 Å². The van der Waals surface area contributed by atoms with Crippen molar-refractivity contribution in [3.05, 3.63) is 83.9 Å². The highest BCUT2D eigenvalue weighted by Gasteiger charge is 2.34. The predicted octanol–water partition coefficient (Wildman–Crippen LogP) is 6.70. The van der Waals surface area contributed by atoms with E-state index in [0.717, 1.165) is 22.9 Å². The molecule has 0 bridgehead atoms. The average molecular weight is 438 g/mol. The van der Waals surface area contributed by atoms with Gasteiger partial charge in [0.05, 0.1) is 6.04 Å². The Hall–Kier alpha value is -3.35. The fourth-order valence-electron chi connectivity index (χ4n) is 4.06. The number of halogens is 3. The van der Waals surface area contributed by atoms with Gasteiger partial charge in [-0.15, -0.1) is 0 Å². The first-order valence-electron chi connectivity index (χ1n) is 10.5. The number of alkyl halides is 3. The van der Waals surface area contributed by atoms with Gasteiger partial charge in [-0.25, -0.2) is 4.98 Å². The first-order chi connectivity index (χ1) is 15.2. The van der Waals surface area contributed by atoms with E-state index in [1.54, 1.807) is 13.2 Å². The van der Waals surface area contributed by atoms with Crippen molar-refractivity contribution in [1.82, 2.24) is 19.3 Å². The fraction of sp³-hybridized carbons (Fsp3) is 0.280. The summed E-state index contributed by atoms with van der Waals surface area (Å²) < 4.78 is 43.0. The second kappa shape index (κ2) is 8.30. The average Bonchev–Trinajstić information content (AvgIpc) is 3.42. The summed E-state index contributed by atoms with van der Waals surface area (Å²) >= 11 is 0. The second-order valence-electron chi connectivity index (χ2n) is 8.26. The Bertz CT molecular complexity index is 1220. The molecule has 4 aromatic rings. The van der Waals surface area contributed by atoms with Crippen LogP contribution in [-0.2, 0) is 13.2 Å². The lowest BCUT2D eigenvalue weighted by Gasteiger charge is -2.21. The minimum absolute atomic E-state index is 0.0543. The quantitative estimate of drug-likeness (QED) is 0.347. The van der Waals surface area contributed by atoms with Gasteiger partial charge in [0.2, 0.25) is 0 Å². The van der Waals surface area contributed by atoms with Gasteiger partial charge in [0.15, 0.2) is 5.69 Å². The Balaban J connectivity index is 1.92. The highest BCUT2D eigenvalue weighted by molar-refractivity contribution is 5.76. The third kappa shape index (κ3) is 4.07. The van der Waals surface area contributed by atoms with Crippen LogP contribution in [0.25, 0.3) is 22.5 Å². The van der Waals surface area contributed by atoms with Crippen LogP contribution in [0.5, 0.6) is 0 Å². The molecule has 0 aliphatic heterocycles. The number of hydrogen-bond acceptors (Lipinski definition) is 2. The molecule has 7 heteroatoms. The highest BCUT2D eigenvalue weighted by atomic mass is 19.4. The van der Waals surface area contributed by atoms with Crippen LogP contribution in [-0.4, -0.2) is 19.3 Å². The molecule has 0 spiro atoms. The van der Waals surface area contributed by atoms with Crippen LogP contribution in [0.2, 0.25) is 0 Å². The summed E-state index contributed by atoms with van der Waals surface area (Å²) in [7, 11) is 1.58.